The maximum absolute atomic E-state index is 12.7. The van der Waals surface area contributed by atoms with Crippen LogP contribution in [0.5, 0.6) is 0 Å². The average Bonchev–Trinajstić information content (AvgIpc) is 3.06. The van der Waals surface area contributed by atoms with E-state index in [-0.39, 0.29) is 17.4 Å². The molecule has 3 aliphatic heterocycles. The summed E-state index contributed by atoms with van der Waals surface area (Å²) in [6, 6.07) is 7.95. The number of amides is 2. The molecular formula is C21H29N3O3. The van der Waals surface area contributed by atoms with Gasteiger partial charge in [-0.25, -0.2) is 0 Å². The highest BCUT2D eigenvalue weighted by Gasteiger charge is 2.77. The van der Waals surface area contributed by atoms with Gasteiger partial charge in [0.05, 0.1) is 23.0 Å². The van der Waals surface area contributed by atoms with Crippen molar-refractivity contribution in [3.63, 3.8) is 0 Å². The number of nitrogens with one attached hydrogen (secondary N) is 3. The maximum atomic E-state index is 12.7. The first kappa shape index (κ1) is 18.4. The first-order chi connectivity index (χ1) is 12.9. The predicted octanol–water partition coefficient (Wildman–Crippen LogP) is 1.07. The molecule has 27 heavy (non-hydrogen) atoms. The molecule has 1 aromatic carbocycles. The number of hydrogen-bond donors (Lipinski definition) is 3. The molecule has 6 nitrogen and oxygen atoms in total. The molecule has 3 heterocycles. The molecule has 1 saturated carbocycles. The third kappa shape index (κ3) is 2.86. The minimum atomic E-state index is -0.440. The maximum Gasteiger partial charge on any atom is 0.229 e. The van der Waals surface area contributed by atoms with Crippen molar-refractivity contribution in [1.82, 2.24) is 16.0 Å². The molecule has 3 N–H and O–H groups in total. The second-order valence-electron chi connectivity index (χ2n) is 8.42. The summed E-state index contributed by atoms with van der Waals surface area (Å²) in [5.41, 5.74) is 0.941. The molecule has 1 aliphatic carbocycles. The molecule has 4 aliphatic rings. The van der Waals surface area contributed by atoms with E-state index >= 15 is 0 Å². The number of aryl methyl sites for hydroxylation is 1. The molecule has 3 saturated heterocycles. The molecule has 2 amide bonds. The predicted molar refractivity (Wildman–Crippen MR) is 102 cm³/mol. The summed E-state index contributed by atoms with van der Waals surface area (Å²) in [5.74, 6) is 0.0924. The normalized spacial score (nSPS) is 30.6. The number of carbonyl (C=O) groups excluding carboxylic acids is 2. The molecule has 4 fully saturated rings. The average molecular weight is 371 g/mol. The Morgan fingerprint density at radius 2 is 1.89 bits per heavy atom. The zero-order valence-electron chi connectivity index (χ0n) is 16.2. The summed E-state index contributed by atoms with van der Waals surface area (Å²) < 4.78 is 6.59. The minimum Gasteiger partial charge on any atom is -0.365 e. The minimum absolute atomic E-state index is 0.00554. The van der Waals surface area contributed by atoms with E-state index in [1.54, 1.807) is 7.05 Å². The molecule has 0 unspecified atom stereocenters. The quantitative estimate of drug-likeness (QED) is 0.723. The van der Waals surface area contributed by atoms with Crippen LogP contribution in [0.3, 0.4) is 0 Å². The summed E-state index contributed by atoms with van der Waals surface area (Å²) in [6.45, 7) is 4.24. The van der Waals surface area contributed by atoms with Gasteiger partial charge in [-0.15, -0.1) is 0 Å². The summed E-state index contributed by atoms with van der Waals surface area (Å²) in [6.07, 6.45) is 3.46. The number of benzene rings is 1. The van der Waals surface area contributed by atoms with Gasteiger partial charge in [-0.3, -0.25) is 9.59 Å². The topological polar surface area (TPSA) is 79.5 Å². The third-order valence-electron chi connectivity index (χ3n) is 6.82. The molecule has 0 aromatic heterocycles. The highest BCUT2D eigenvalue weighted by atomic mass is 16.5. The Balaban J connectivity index is 1.43. The Hall–Kier alpha value is -1.92. The van der Waals surface area contributed by atoms with Crippen molar-refractivity contribution in [2.24, 2.45) is 5.41 Å². The summed E-state index contributed by atoms with van der Waals surface area (Å²) >= 11 is 0. The highest BCUT2D eigenvalue weighted by Crippen LogP contribution is 2.68. The molecule has 1 spiro atoms. The zero-order valence-corrected chi connectivity index (χ0v) is 16.2. The smallest absolute Gasteiger partial charge is 0.229 e. The van der Waals surface area contributed by atoms with Crippen molar-refractivity contribution in [2.75, 3.05) is 26.7 Å². The van der Waals surface area contributed by atoms with Gasteiger partial charge in [-0.2, -0.15) is 0 Å². The Bertz CT molecular complexity index is 749. The number of rotatable bonds is 5. The highest BCUT2D eigenvalue weighted by molar-refractivity contribution is 5.86. The number of hydrogen-bond acceptors (Lipinski definition) is 4. The number of ether oxygens (including phenoxy) is 1. The molecule has 2 bridgehead atoms. The molecular weight excluding hydrogens is 342 g/mol. The standard InChI is InChI=1S/C21H29N3O3/c1-15-5-3-4-6-16(15)11-17(25)24-14-19-12-20(13-19,18(26)22-2)21(27-19)7-9-23-10-8-21/h3-6,23H,7-14H2,1-2H3,(H,22,26)(H,24,25). The summed E-state index contributed by atoms with van der Waals surface area (Å²) in [4.78, 5) is 25.2. The molecule has 0 radical (unpaired) electrons. The van der Waals surface area contributed by atoms with Crippen LogP contribution < -0.4 is 16.0 Å². The zero-order chi connectivity index (χ0) is 19.1. The second-order valence-corrected chi connectivity index (χ2v) is 8.42. The number of carbonyl (C=O) groups is 2. The largest absolute Gasteiger partial charge is 0.365 e. The van der Waals surface area contributed by atoms with Gasteiger partial charge in [0.2, 0.25) is 11.8 Å². The lowest BCUT2D eigenvalue weighted by Gasteiger charge is -2.47. The fourth-order valence-electron chi connectivity index (χ4n) is 5.44. The van der Waals surface area contributed by atoms with Gasteiger partial charge in [-0.05, 0) is 56.8 Å². The van der Waals surface area contributed by atoms with E-state index in [2.05, 4.69) is 16.0 Å². The van der Waals surface area contributed by atoms with Crippen LogP contribution in [-0.2, 0) is 20.7 Å². The molecule has 6 heteroatoms. The number of piperidine rings is 1. The van der Waals surface area contributed by atoms with E-state index in [0.717, 1.165) is 37.1 Å². The second kappa shape index (κ2) is 6.60. The molecule has 5 rings (SSSR count). The first-order valence-corrected chi connectivity index (χ1v) is 9.89. The van der Waals surface area contributed by atoms with Crippen molar-refractivity contribution in [3.05, 3.63) is 35.4 Å². The Morgan fingerprint density at radius 1 is 1.19 bits per heavy atom. The monoisotopic (exact) mass is 371 g/mol. The lowest BCUT2D eigenvalue weighted by molar-refractivity contribution is -0.140. The first-order valence-electron chi connectivity index (χ1n) is 9.89. The van der Waals surface area contributed by atoms with E-state index in [1.807, 2.05) is 31.2 Å². The SMILES string of the molecule is CNC(=O)C12CC(CNC(=O)Cc3ccccc3C)(C1)OC21CCNCC1. The van der Waals surface area contributed by atoms with E-state index in [9.17, 15) is 9.59 Å². The van der Waals surface area contributed by atoms with Crippen molar-refractivity contribution in [2.45, 2.75) is 50.2 Å². The Labute approximate surface area is 160 Å². The Kier molecular flexibility index (Phi) is 4.51. The van der Waals surface area contributed by atoms with Gasteiger partial charge in [-0.1, -0.05) is 24.3 Å². The lowest BCUT2D eigenvalue weighted by atomic mass is 9.53. The van der Waals surface area contributed by atoms with Crippen LogP contribution in [0.2, 0.25) is 0 Å². The van der Waals surface area contributed by atoms with Gasteiger partial charge in [0, 0.05) is 13.6 Å². The fourth-order valence-corrected chi connectivity index (χ4v) is 5.44. The van der Waals surface area contributed by atoms with Gasteiger partial charge in [0.15, 0.2) is 0 Å². The Morgan fingerprint density at radius 3 is 2.56 bits per heavy atom. The lowest BCUT2D eigenvalue weighted by Crippen LogP contribution is -2.61. The van der Waals surface area contributed by atoms with Crippen LogP contribution in [0.1, 0.15) is 36.8 Å². The van der Waals surface area contributed by atoms with Crippen LogP contribution in [-0.4, -0.2) is 49.7 Å². The van der Waals surface area contributed by atoms with Crippen LogP contribution in [0.25, 0.3) is 0 Å². The van der Waals surface area contributed by atoms with Gasteiger partial charge >= 0.3 is 0 Å². The molecule has 0 atom stereocenters. The van der Waals surface area contributed by atoms with E-state index in [0.29, 0.717) is 25.8 Å². The van der Waals surface area contributed by atoms with Crippen LogP contribution >= 0.6 is 0 Å². The fraction of sp³-hybridized carbons (Fsp3) is 0.619. The van der Waals surface area contributed by atoms with Gasteiger partial charge in [0.1, 0.15) is 0 Å². The van der Waals surface area contributed by atoms with Gasteiger partial charge < -0.3 is 20.7 Å². The third-order valence-corrected chi connectivity index (χ3v) is 6.82. The van der Waals surface area contributed by atoms with Crippen molar-refractivity contribution in [1.29, 1.82) is 0 Å². The molecule has 146 valence electrons. The van der Waals surface area contributed by atoms with Crippen molar-refractivity contribution >= 4 is 11.8 Å². The van der Waals surface area contributed by atoms with Crippen molar-refractivity contribution < 1.29 is 14.3 Å². The van der Waals surface area contributed by atoms with Crippen LogP contribution in [0, 0.1) is 12.3 Å². The summed E-state index contributed by atoms with van der Waals surface area (Å²) in [5, 5.41) is 9.28. The molecule has 1 aromatic rings. The van der Waals surface area contributed by atoms with E-state index in [4.69, 9.17) is 4.74 Å². The van der Waals surface area contributed by atoms with Gasteiger partial charge in [0.25, 0.3) is 0 Å². The summed E-state index contributed by atoms with van der Waals surface area (Å²) in [7, 11) is 1.70. The van der Waals surface area contributed by atoms with E-state index in [1.165, 1.54) is 0 Å². The van der Waals surface area contributed by atoms with E-state index < -0.39 is 11.0 Å². The van der Waals surface area contributed by atoms with Crippen molar-refractivity contribution in [3.8, 4) is 0 Å². The van der Waals surface area contributed by atoms with Crippen LogP contribution in [0.15, 0.2) is 24.3 Å². The van der Waals surface area contributed by atoms with Crippen LogP contribution in [0.4, 0.5) is 0 Å².